The van der Waals surface area contributed by atoms with Crippen molar-refractivity contribution in [2.45, 2.75) is 26.1 Å². The average Bonchev–Trinajstić information content (AvgIpc) is 3.21. The molecule has 0 aromatic heterocycles. The number of carbonyl (C=O) groups excluding carboxylic acids is 2. The summed E-state index contributed by atoms with van der Waals surface area (Å²) in [5.41, 5.74) is 4.61. The van der Waals surface area contributed by atoms with E-state index in [2.05, 4.69) is 10.6 Å². The molecule has 2 N–H and O–H groups in total. The molecule has 0 fully saturated rings. The van der Waals surface area contributed by atoms with E-state index in [4.69, 9.17) is 4.74 Å². The van der Waals surface area contributed by atoms with Crippen LogP contribution in [-0.4, -0.2) is 18.4 Å². The molecule has 0 spiro atoms. The van der Waals surface area contributed by atoms with Gasteiger partial charge in [-0.3, -0.25) is 14.5 Å². The van der Waals surface area contributed by atoms with Gasteiger partial charge in [-0.1, -0.05) is 54.6 Å². The minimum absolute atomic E-state index is 0.0807. The second-order valence-electron chi connectivity index (χ2n) is 8.92. The van der Waals surface area contributed by atoms with Crippen LogP contribution in [0, 0.1) is 0 Å². The van der Waals surface area contributed by atoms with Crippen molar-refractivity contribution >= 4 is 23.2 Å². The molecule has 4 aromatic carbocycles. The maximum Gasteiger partial charge on any atom is 0.260 e. The van der Waals surface area contributed by atoms with Gasteiger partial charge in [-0.15, -0.1) is 0 Å². The third kappa shape index (κ3) is 5.05. The number of rotatable bonds is 8. The lowest BCUT2D eigenvalue weighted by Gasteiger charge is -2.27. The van der Waals surface area contributed by atoms with Crippen LogP contribution in [0.1, 0.15) is 57.9 Å². The van der Waals surface area contributed by atoms with Crippen LogP contribution >= 0.6 is 0 Å². The smallest absolute Gasteiger partial charge is 0.260 e. The molecular formula is C31H29N3O3. The minimum Gasteiger partial charge on any atom is -0.494 e. The SMILES string of the molecule is CCOc1ccc(N2C(=O)c3ccccc3[C@H]2Nc2cccc(C(=O)N[C@H](C)c3ccccc3)c2)cc1. The Morgan fingerprint density at radius 1 is 0.919 bits per heavy atom. The maximum absolute atomic E-state index is 13.4. The van der Waals surface area contributed by atoms with E-state index in [9.17, 15) is 9.59 Å². The number of anilines is 2. The van der Waals surface area contributed by atoms with Crippen molar-refractivity contribution in [1.82, 2.24) is 5.32 Å². The molecule has 0 unspecified atom stereocenters. The molecule has 37 heavy (non-hydrogen) atoms. The van der Waals surface area contributed by atoms with Crippen molar-refractivity contribution in [1.29, 1.82) is 0 Å². The van der Waals surface area contributed by atoms with Gasteiger partial charge in [0.25, 0.3) is 11.8 Å². The fourth-order valence-corrected chi connectivity index (χ4v) is 4.61. The number of amides is 2. The summed E-state index contributed by atoms with van der Waals surface area (Å²) in [6.45, 7) is 4.47. The Hall–Kier alpha value is -4.58. The summed E-state index contributed by atoms with van der Waals surface area (Å²) in [6.07, 6.45) is -0.428. The van der Waals surface area contributed by atoms with Gasteiger partial charge in [0.15, 0.2) is 0 Å². The Balaban J connectivity index is 1.40. The van der Waals surface area contributed by atoms with Crippen molar-refractivity contribution in [3.63, 3.8) is 0 Å². The van der Waals surface area contributed by atoms with Gasteiger partial charge in [0.2, 0.25) is 0 Å². The number of ether oxygens (including phenoxy) is 1. The highest BCUT2D eigenvalue weighted by atomic mass is 16.5. The number of benzene rings is 4. The van der Waals surface area contributed by atoms with Crippen LogP contribution in [-0.2, 0) is 0 Å². The van der Waals surface area contributed by atoms with Gasteiger partial charge < -0.3 is 15.4 Å². The Morgan fingerprint density at radius 3 is 2.41 bits per heavy atom. The van der Waals surface area contributed by atoms with Gasteiger partial charge in [0.1, 0.15) is 11.9 Å². The van der Waals surface area contributed by atoms with Crippen molar-refractivity contribution in [2.75, 3.05) is 16.8 Å². The molecule has 6 heteroatoms. The lowest BCUT2D eigenvalue weighted by atomic mass is 10.1. The van der Waals surface area contributed by atoms with E-state index in [1.165, 1.54) is 0 Å². The zero-order chi connectivity index (χ0) is 25.8. The summed E-state index contributed by atoms with van der Waals surface area (Å²) in [5, 5.41) is 6.55. The van der Waals surface area contributed by atoms with Gasteiger partial charge in [-0.25, -0.2) is 0 Å². The Bertz CT molecular complexity index is 1400. The lowest BCUT2D eigenvalue weighted by molar-refractivity contribution is 0.0938. The Kier molecular flexibility index (Phi) is 6.90. The van der Waals surface area contributed by atoms with Gasteiger partial charge in [-0.2, -0.15) is 0 Å². The molecular weight excluding hydrogens is 462 g/mol. The third-order valence-corrected chi connectivity index (χ3v) is 6.46. The van der Waals surface area contributed by atoms with E-state index in [-0.39, 0.29) is 17.9 Å². The fraction of sp³-hybridized carbons (Fsp3) is 0.161. The fourth-order valence-electron chi connectivity index (χ4n) is 4.61. The zero-order valence-corrected chi connectivity index (χ0v) is 20.8. The number of nitrogens with one attached hydrogen (secondary N) is 2. The minimum atomic E-state index is -0.428. The molecule has 1 heterocycles. The van der Waals surface area contributed by atoms with Crippen molar-refractivity contribution < 1.29 is 14.3 Å². The standard InChI is InChI=1S/C31H29N3O3/c1-3-37-26-18-16-25(17-19-26)34-29(27-14-7-8-15-28(27)31(34)36)33-24-13-9-12-23(20-24)30(35)32-21(2)22-10-5-4-6-11-22/h4-21,29,33H,3H2,1-2H3,(H,32,35)/t21-,29+/m1/s1. The molecule has 1 aliphatic heterocycles. The van der Waals surface area contributed by atoms with E-state index >= 15 is 0 Å². The monoisotopic (exact) mass is 491 g/mol. The molecule has 0 saturated carbocycles. The van der Waals surface area contributed by atoms with Crippen LogP contribution in [0.5, 0.6) is 5.75 Å². The van der Waals surface area contributed by atoms with Gasteiger partial charge in [0.05, 0.1) is 12.6 Å². The van der Waals surface area contributed by atoms with E-state index in [0.717, 1.165) is 28.3 Å². The predicted molar refractivity (Wildman–Crippen MR) is 146 cm³/mol. The summed E-state index contributed by atoms with van der Waals surface area (Å²) >= 11 is 0. The van der Waals surface area contributed by atoms with Crippen LogP contribution in [0.2, 0.25) is 0 Å². The van der Waals surface area contributed by atoms with Crippen LogP contribution in [0.25, 0.3) is 0 Å². The quantitative estimate of drug-likeness (QED) is 0.301. The number of fused-ring (bicyclic) bond motifs is 1. The Morgan fingerprint density at radius 2 is 1.65 bits per heavy atom. The van der Waals surface area contributed by atoms with Crippen molar-refractivity contribution in [3.05, 3.63) is 125 Å². The molecule has 4 aromatic rings. The molecule has 0 aliphatic carbocycles. The molecule has 6 nitrogen and oxygen atoms in total. The van der Waals surface area contributed by atoms with Crippen LogP contribution in [0.3, 0.4) is 0 Å². The number of carbonyl (C=O) groups is 2. The first-order valence-electron chi connectivity index (χ1n) is 12.4. The van der Waals surface area contributed by atoms with Gasteiger partial charge in [0, 0.05) is 28.1 Å². The maximum atomic E-state index is 13.4. The number of hydrogen-bond acceptors (Lipinski definition) is 4. The van der Waals surface area contributed by atoms with E-state index in [1.54, 1.807) is 11.0 Å². The molecule has 0 saturated heterocycles. The van der Waals surface area contributed by atoms with Gasteiger partial charge >= 0.3 is 0 Å². The zero-order valence-electron chi connectivity index (χ0n) is 20.8. The summed E-state index contributed by atoms with van der Waals surface area (Å²) in [6, 6.07) is 32.2. The highest BCUT2D eigenvalue weighted by Crippen LogP contribution is 2.38. The van der Waals surface area contributed by atoms with Crippen LogP contribution in [0.15, 0.2) is 103 Å². The lowest BCUT2D eigenvalue weighted by Crippen LogP contribution is -2.32. The second-order valence-corrected chi connectivity index (χ2v) is 8.92. The molecule has 1 aliphatic rings. The highest BCUT2D eigenvalue weighted by Gasteiger charge is 2.37. The first-order valence-corrected chi connectivity index (χ1v) is 12.4. The van der Waals surface area contributed by atoms with Crippen LogP contribution in [0.4, 0.5) is 11.4 Å². The predicted octanol–water partition coefficient (Wildman–Crippen LogP) is 6.35. The van der Waals surface area contributed by atoms with Crippen molar-refractivity contribution in [2.24, 2.45) is 0 Å². The van der Waals surface area contributed by atoms with E-state index < -0.39 is 6.17 Å². The van der Waals surface area contributed by atoms with E-state index in [0.29, 0.717) is 17.7 Å². The Labute approximate surface area is 216 Å². The topological polar surface area (TPSA) is 70.7 Å². The van der Waals surface area contributed by atoms with Gasteiger partial charge in [-0.05, 0) is 67.9 Å². The summed E-state index contributed by atoms with van der Waals surface area (Å²) in [5.74, 6) is 0.512. The molecule has 186 valence electrons. The molecule has 5 rings (SSSR count). The number of nitrogens with zero attached hydrogens (tertiary/aromatic N) is 1. The third-order valence-electron chi connectivity index (χ3n) is 6.46. The first kappa shape index (κ1) is 24.1. The normalized spacial score (nSPS) is 15.1. The second kappa shape index (κ2) is 10.6. The number of hydrogen-bond donors (Lipinski definition) is 2. The average molecular weight is 492 g/mol. The summed E-state index contributed by atoms with van der Waals surface area (Å²) in [4.78, 5) is 28.2. The molecule has 0 bridgehead atoms. The van der Waals surface area contributed by atoms with E-state index in [1.807, 2.05) is 111 Å². The van der Waals surface area contributed by atoms with Crippen LogP contribution < -0.4 is 20.3 Å². The summed E-state index contributed by atoms with van der Waals surface area (Å²) < 4.78 is 5.57. The molecule has 0 radical (unpaired) electrons. The molecule has 2 amide bonds. The summed E-state index contributed by atoms with van der Waals surface area (Å²) in [7, 11) is 0. The largest absolute Gasteiger partial charge is 0.494 e. The van der Waals surface area contributed by atoms with Crippen molar-refractivity contribution in [3.8, 4) is 5.75 Å². The molecule has 2 atom stereocenters. The first-order chi connectivity index (χ1) is 18.0. The highest BCUT2D eigenvalue weighted by molar-refractivity contribution is 6.11.